The van der Waals surface area contributed by atoms with Gasteiger partial charge >= 0.3 is 0 Å². The number of benzene rings is 5. The van der Waals surface area contributed by atoms with Crippen molar-refractivity contribution in [2.24, 2.45) is 10.2 Å². The van der Waals surface area contributed by atoms with Crippen molar-refractivity contribution in [2.75, 3.05) is 0 Å². The van der Waals surface area contributed by atoms with Crippen LogP contribution in [0.1, 0.15) is 36.1 Å². The quantitative estimate of drug-likeness (QED) is 0.133. The number of rotatable bonds is 10. The van der Waals surface area contributed by atoms with Crippen molar-refractivity contribution in [3.63, 3.8) is 0 Å². The summed E-state index contributed by atoms with van der Waals surface area (Å²) in [6, 6.07) is 36.1. The van der Waals surface area contributed by atoms with Crippen LogP contribution in [-0.2, 0) is 22.4 Å². The van der Waals surface area contributed by atoms with Crippen molar-refractivity contribution >= 4 is 57.9 Å². The van der Waals surface area contributed by atoms with Gasteiger partial charge in [-0.25, -0.2) is 10.9 Å². The number of fused-ring (bicyclic) bond motifs is 2. The molecular formula is C38H34N4O2. The van der Waals surface area contributed by atoms with E-state index in [-0.39, 0.29) is 24.7 Å². The van der Waals surface area contributed by atoms with Crippen LogP contribution < -0.4 is 10.9 Å². The number of hydrazone groups is 2. The molecule has 5 aromatic rings. The lowest BCUT2D eigenvalue weighted by molar-refractivity contribution is -0.121. The van der Waals surface area contributed by atoms with Crippen LogP contribution in [0.2, 0.25) is 0 Å². The molecule has 0 aliphatic carbocycles. The van der Waals surface area contributed by atoms with Crippen LogP contribution in [0.4, 0.5) is 0 Å². The molecule has 0 unspecified atom stereocenters. The second-order valence-corrected chi connectivity index (χ2v) is 10.7. The van der Waals surface area contributed by atoms with Gasteiger partial charge in [0.1, 0.15) is 0 Å². The molecule has 44 heavy (non-hydrogen) atoms. The Morgan fingerprint density at radius 3 is 1.36 bits per heavy atom. The minimum Gasteiger partial charge on any atom is -0.273 e. The zero-order chi connectivity index (χ0) is 30.7. The van der Waals surface area contributed by atoms with Gasteiger partial charge in [-0.3, -0.25) is 9.59 Å². The van der Waals surface area contributed by atoms with Gasteiger partial charge in [0.15, 0.2) is 0 Å². The summed E-state index contributed by atoms with van der Waals surface area (Å²) in [6.45, 7) is 3.87. The van der Waals surface area contributed by atoms with Crippen LogP contribution in [0.15, 0.2) is 131 Å². The number of hydrogen-bond acceptors (Lipinski definition) is 4. The number of allylic oxidation sites excluding steroid dienone is 2. The molecule has 6 heteroatoms. The van der Waals surface area contributed by atoms with Crippen LogP contribution in [0, 0.1) is 0 Å². The summed E-state index contributed by atoms with van der Waals surface area (Å²) in [7, 11) is 0. The largest absolute Gasteiger partial charge is 0.273 e. The van der Waals surface area contributed by atoms with E-state index in [1.54, 1.807) is 12.4 Å². The Morgan fingerprint density at radius 1 is 0.545 bits per heavy atom. The molecule has 0 saturated heterocycles. The van der Waals surface area contributed by atoms with E-state index in [1.165, 1.54) is 0 Å². The van der Waals surface area contributed by atoms with Crippen LogP contribution in [-0.4, -0.2) is 24.2 Å². The van der Waals surface area contributed by atoms with Gasteiger partial charge in [0.25, 0.3) is 0 Å². The van der Waals surface area contributed by atoms with Gasteiger partial charge < -0.3 is 0 Å². The zero-order valence-electron chi connectivity index (χ0n) is 24.8. The molecule has 6 nitrogen and oxygen atoms in total. The summed E-state index contributed by atoms with van der Waals surface area (Å²) < 4.78 is 0. The smallest absolute Gasteiger partial charge is 0.244 e. The Kier molecular flexibility index (Phi) is 9.85. The van der Waals surface area contributed by atoms with Crippen LogP contribution in [0.25, 0.3) is 33.7 Å². The molecule has 0 saturated carbocycles. The predicted molar refractivity (Wildman–Crippen MR) is 182 cm³/mol. The Hall–Kier alpha value is -5.62. The molecule has 0 fully saturated rings. The lowest BCUT2D eigenvalue weighted by atomic mass is 10.0. The summed E-state index contributed by atoms with van der Waals surface area (Å²) in [5.74, 6) is -0.324. The fraction of sp³-hybridized carbons (Fsp3) is 0.105. The van der Waals surface area contributed by atoms with Crippen molar-refractivity contribution in [1.82, 2.24) is 10.9 Å². The Morgan fingerprint density at radius 2 is 0.932 bits per heavy atom. The highest BCUT2D eigenvalue weighted by molar-refractivity contribution is 5.92. The van der Waals surface area contributed by atoms with E-state index in [2.05, 4.69) is 21.1 Å². The average Bonchev–Trinajstić information content (AvgIpc) is 3.02. The van der Waals surface area contributed by atoms with E-state index in [1.807, 2.05) is 135 Å². The SMILES string of the molecule is CC(/C=N/NC(=O)Cc1cccc2ccccc12)=C\c1ccc(/C=C(C)/C=N/NC(=O)Cc2cccc3ccccc23)cc1. The number of carbonyl (C=O) groups is 2. The second-order valence-electron chi connectivity index (χ2n) is 10.7. The van der Waals surface area contributed by atoms with E-state index in [4.69, 9.17) is 0 Å². The number of hydrogen-bond donors (Lipinski definition) is 2. The molecule has 2 amide bonds. The minimum absolute atomic E-state index is 0.162. The number of amides is 2. The van der Waals surface area contributed by atoms with Crippen LogP contribution in [0.5, 0.6) is 0 Å². The van der Waals surface area contributed by atoms with E-state index in [9.17, 15) is 9.59 Å². The summed E-state index contributed by atoms with van der Waals surface area (Å²) >= 11 is 0. The maximum atomic E-state index is 12.5. The third kappa shape index (κ3) is 8.23. The molecule has 5 rings (SSSR count). The third-order valence-corrected chi connectivity index (χ3v) is 7.10. The van der Waals surface area contributed by atoms with Gasteiger partial charge in [0.05, 0.1) is 25.3 Å². The second kappa shape index (κ2) is 14.5. The first-order valence-electron chi connectivity index (χ1n) is 14.5. The lowest BCUT2D eigenvalue weighted by Crippen LogP contribution is -2.19. The summed E-state index contributed by atoms with van der Waals surface area (Å²) in [5, 5.41) is 12.6. The van der Waals surface area contributed by atoms with Crippen molar-refractivity contribution in [2.45, 2.75) is 26.7 Å². The molecule has 0 bridgehead atoms. The zero-order valence-corrected chi connectivity index (χ0v) is 24.8. The lowest BCUT2D eigenvalue weighted by Gasteiger charge is -2.05. The molecule has 2 N–H and O–H groups in total. The Labute approximate surface area is 257 Å². The van der Waals surface area contributed by atoms with Gasteiger partial charge in [0, 0.05) is 0 Å². The van der Waals surface area contributed by atoms with E-state index in [0.717, 1.165) is 54.9 Å². The molecule has 0 aliphatic rings. The molecular weight excluding hydrogens is 544 g/mol. The number of nitrogens with zero attached hydrogens (tertiary/aromatic N) is 2. The highest BCUT2D eigenvalue weighted by Crippen LogP contribution is 2.20. The van der Waals surface area contributed by atoms with E-state index < -0.39 is 0 Å². The Bertz CT molecular complexity index is 1770. The molecule has 0 heterocycles. The molecule has 218 valence electrons. The highest BCUT2D eigenvalue weighted by Gasteiger charge is 2.07. The first-order chi connectivity index (χ1) is 21.4. The fourth-order valence-electron chi connectivity index (χ4n) is 5.02. The first kappa shape index (κ1) is 29.9. The van der Waals surface area contributed by atoms with Gasteiger partial charge in [-0.1, -0.05) is 121 Å². The van der Waals surface area contributed by atoms with Gasteiger partial charge in [0.2, 0.25) is 11.8 Å². The average molecular weight is 579 g/mol. The summed E-state index contributed by atoms with van der Waals surface area (Å²) in [5.41, 5.74) is 11.0. The normalized spacial score (nSPS) is 12.3. The minimum atomic E-state index is -0.162. The molecule has 0 spiro atoms. The van der Waals surface area contributed by atoms with Gasteiger partial charge in [-0.15, -0.1) is 0 Å². The van der Waals surface area contributed by atoms with E-state index >= 15 is 0 Å². The van der Waals surface area contributed by atoms with Gasteiger partial charge in [-0.05, 0) is 68.8 Å². The van der Waals surface area contributed by atoms with Crippen molar-refractivity contribution in [1.29, 1.82) is 0 Å². The molecule has 0 radical (unpaired) electrons. The van der Waals surface area contributed by atoms with Crippen LogP contribution in [0.3, 0.4) is 0 Å². The molecule has 0 atom stereocenters. The van der Waals surface area contributed by atoms with Crippen LogP contribution >= 0.6 is 0 Å². The predicted octanol–water partition coefficient (Wildman–Crippen LogP) is 7.49. The summed E-state index contributed by atoms with van der Waals surface area (Å²) in [4.78, 5) is 24.9. The van der Waals surface area contributed by atoms with Crippen molar-refractivity contribution in [3.05, 3.63) is 143 Å². The van der Waals surface area contributed by atoms with Gasteiger partial charge in [-0.2, -0.15) is 10.2 Å². The molecule has 0 aliphatic heterocycles. The monoisotopic (exact) mass is 578 g/mol. The van der Waals surface area contributed by atoms with Crippen molar-refractivity contribution in [3.8, 4) is 0 Å². The third-order valence-electron chi connectivity index (χ3n) is 7.10. The van der Waals surface area contributed by atoms with E-state index in [0.29, 0.717) is 0 Å². The maximum Gasteiger partial charge on any atom is 0.244 e. The number of nitrogens with one attached hydrogen (secondary N) is 2. The molecule has 0 aromatic heterocycles. The highest BCUT2D eigenvalue weighted by atomic mass is 16.2. The summed E-state index contributed by atoms with van der Waals surface area (Å²) in [6.07, 6.45) is 7.80. The maximum absolute atomic E-state index is 12.5. The fourth-order valence-corrected chi connectivity index (χ4v) is 5.02. The Balaban J connectivity index is 1.10. The first-order valence-corrected chi connectivity index (χ1v) is 14.5. The van der Waals surface area contributed by atoms with Crippen molar-refractivity contribution < 1.29 is 9.59 Å². The topological polar surface area (TPSA) is 82.9 Å². The standard InChI is InChI=1S/C38H34N4O2/c1-27(25-39-41-37(43)23-33-13-7-11-31-9-3-5-15-35(31)33)21-29-17-19-30(20-18-29)22-28(2)26-40-42-38(44)24-34-14-8-12-32-10-4-6-16-36(32)34/h3-22,25-26H,23-24H2,1-2H3,(H,41,43)(H,42,44)/b27-21+,28-22+,39-25+,40-26+. The number of carbonyl (C=O) groups excluding carboxylic acids is 2. The molecule has 5 aromatic carbocycles.